The molecule has 0 N–H and O–H groups in total. The number of carbonyl (C=O) groups excluding carboxylic acids is 1. The third-order valence-electron chi connectivity index (χ3n) is 3.56. The Hall–Kier alpha value is -1.21. The maximum atomic E-state index is 12.1. The van der Waals surface area contributed by atoms with Gasteiger partial charge >= 0.3 is 6.03 Å². The molecule has 2 heterocycles. The summed E-state index contributed by atoms with van der Waals surface area (Å²) >= 11 is 1.55. The molecule has 1 aromatic rings. The van der Waals surface area contributed by atoms with Crippen molar-refractivity contribution in [2.24, 2.45) is 0 Å². The fraction of sp³-hybridized carbons (Fsp3) is 0.727. The van der Waals surface area contributed by atoms with Gasteiger partial charge in [-0.25, -0.2) is 4.79 Å². The van der Waals surface area contributed by atoms with Gasteiger partial charge in [-0.2, -0.15) is 0 Å². The fourth-order valence-electron chi connectivity index (χ4n) is 2.09. The third-order valence-corrected chi connectivity index (χ3v) is 4.81. The van der Waals surface area contributed by atoms with Crippen LogP contribution in [0, 0.1) is 0 Å². The Morgan fingerprint density at radius 1 is 1.22 bits per heavy atom. The Balaban J connectivity index is 1.85. The second-order valence-electron chi connectivity index (χ2n) is 5.50. The molecule has 0 unspecified atom stereocenters. The first kappa shape index (κ1) is 11.9. The molecule has 1 aliphatic carbocycles. The van der Waals surface area contributed by atoms with Crippen molar-refractivity contribution in [3.63, 3.8) is 0 Å². The zero-order valence-corrected chi connectivity index (χ0v) is 11.7. The molecule has 0 aromatic carbocycles. The van der Waals surface area contributed by atoms with Crippen LogP contribution in [-0.2, 0) is 5.41 Å². The molecule has 98 valence electrons. The molecular weight excluding hydrogens is 250 g/mol. The summed E-state index contributed by atoms with van der Waals surface area (Å²) in [6.07, 6.45) is 2.35. The second kappa shape index (κ2) is 3.89. The summed E-state index contributed by atoms with van der Waals surface area (Å²) < 4.78 is 0. The lowest BCUT2D eigenvalue weighted by molar-refractivity contribution is 0.148. The van der Waals surface area contributed by atoms with Crippen LogP contribution in [0.5, 0.6) is 0 Å². The van der Waals surface area contributed by atoms with Crippen molar-refractivity contribution >= 4 is 22.5 Å². The van der Waals surface area contributed by atoms with Crippen molar-refractivity contribution in [1.29, 1.82) is 0 Å². The summed E-state index contributed by atoms with van der Waals surface area (Å²) in [5, 5.41) is 10.2. The van der Waals surface area contributed by atoms with Crippen LogP contribution in [0.3, 0.4) is 0 Å². The van der Waals surface area contributed by atoms with Gasteiger partial charge in [0.05, 0.1) is 13.3 Å². The molecule has 7 heteroatoms. The first-order valence-electron chi connectivity index (χ1n) is 6.05. The molecule has 1 aromatic heterocycles. The van der Waals surface area contributed by atoms with E-state index in [1.54, 1.807) is 28.2 Å². The highest BCUT2D eigenvalue weighted by Crippen LogP contribution is 2.49. The lowest BCUT2D eigenvalue weighted by Gasteiger charge is -2.37. The van der Waals surface area contributed by atoms with Gasteiger partial charge in [-0.1, -0.05) is 18.3 Å². The summed E-state index contributed by atoms with van der Waals surface area (Å²) in [5.74, 6) is 0. The molecule has 2 amide bonds. The number of anilines is 1. The van der Waals surface area contributed by atoms with Crippen molar-refractivity contribution in [3.05, 3.63) is 5.01 Å². The number of aromatic nitrogens is 2. The van der Waals surface area contributed by atoms with E-state index in [1.165, 1.54) is 12.8 Å². The minimum Gasteiger partial charge on any atom is -0.314 e. The lowest BCUT2D eigenvalue weighted by atomic mass is 10.2. The maximum Gasteiger partial charge on any atom is 0.328 e. The topological polar surface area (TPSA) is 52.6 Å². The van der Waals surface area contributed by atoms with E-state index >= 15 is 0 Å². The highest BCUT2D eigenvalue weighted by Gasteiger charge is 2.43. The summed E-state index contributed by atoms with van der Waals surface area (Å²) in [6, 6.07) is -0.00301. The van der Waals surface area contributed by atoms with Crippen molar-refractivity contribution in [2.75, 3.05) is 32.3 Å². The van der Waals surface area contributed by atoms with E-state index in [2.05, 4.69) is 22.0 Å². The minimum absolute atomic E-state index is 0.00301. The minimum atomic E-state index is -0.00301. The first-order valence-corrected chi connectivity index (χ1v) is 6.86. The van der Waals surface area contributed by atoms with E-state index < -0.39 is 0 Å². The van der Waals surface area contributed by atoms with Crippen molar-refractivity contribution < 1.29 is 4.79 Å². The number of amides is 2. The van der Waals surface area contributed by atoms with E-state index in [1.807, 2.05) is 7.05 Å². The Morgan fingerprint density at radius 3 is 2.61 bits per heavy atom. The van der Waals surface area contributed by atoms with Crippen LogP contribution in [0.2, 0.25) is 0 Å². The van der Waals surface area contributed by atoms with Gasteiger partial charge < -0.3 is 4.90 Å². The fourth-order valence-corrected chi connectivity index (χ4v) is 3.12. The Labute approximate surface area is 110 Å². The van der Waals surface area contributed by atoms with Gasteiger partial charge in [0.2, 0.25) is 5.13 Å². The summed E-state index contributed by atoms with van der Waals surface area (Å²) in [7, 11) is 3.79. The van der Waals surface area contributed by atoms with E-state index in [0.29, 0.717) is 18.5 Å². The number of nitrogens with zero attached hydrogens (tertiary/aromatic N) is 5. The van der Waals surface area contributed by atoms with Crippen molar-refractivity contribution in [3.8, 4) is 0 Å². The molecule has 1 saturated carbocycles. The van der Waals surface area contributed by atoms with Crippen molar-refractivity contribution in [1.82, 2.24) is 20.0 Å². The largest absolute Gasteiger partial charge is 0.328 e. The quantitative estimate of drug-likeness (QED) is 0.810. The Morgan fingerprint density at radius 2 is 1.94 bits per heavy atom. The zero-order chi connectivity index (χ0) is 12.9. The van der Waals surface area contributed by atoms with E-state index in [4.69, 9.17) is 0 Å². The average Bonchev–Trinajstić information content (AvgIpc) is 2.90. The molecular formula is C11H17N5OS. The standard InChI is InChI=1S/C11H17N5OS/c1-11(4-5-11)8-12-13-9(18-8)16-7-14(2)6-15(3)10(16)17/h4-7H2,1-3H3. The zero-order valence-electron chi connectivity index (χ0n) is 10.9. The second-order valence-corrected chi connectivity index (χ2v) is 6.45. The van der Waals surface area contributed by atoms with E-state index in [-0.39, 0.29) is 11.4 Å². The summed E-state index contributed by atoms with van der Waals surface area (Å²) in [4.78, 5) is 17.6. The van der Waals surface area contributed by atoms with Gasteiger partial charge in [0, 0.05) is 12.5 Å². The summed E-state index contributed by atoms with van der Waals surface area (Å²) in [6.45, 7) is 3.43. The number of hydrogen-bond acceptors (Lipinski definition) is 5. The van der Waals surface area contributed by atoms with E-state index in [0.717, 1.165) is 5.01 Å². The van der Waals surface area contributed by atoms with Gasteiger partial charge in [0.25, 0.3) is 0 Å². The smallest absolute Gasteiger partial charge is 0.314 e. The van der Waals surface area contributed by atoms with Gasteiger partial charge in [-0.3, -0.25) is 9.80 Å². The first-order chi connectivity index (χ1) is 8.49. The molecule has 2 aliphatic rings. The molecule has 0 atom stereocenters. The Bertz CT molecular complexity index is 484. The average molecular weight is 267 g/mol. The Kier molecular flexibility index (Phi) is 2.56. The molecule has 18 heavy (non-hydrogen) atoms. The predicted octanol–water partition coefficient (Wildman–Crippen LogP) is 1.31. The molecule has 3 rings (SSSR count). The van der Waals surface area contributed by atoms with Crippen molar-refractivity contribution in [2.45, 2.75) is 25.2 Å². The van der Waals surface area contributed by atoms with Gasteiger partial charge in [-0.05, 0) is 19.9 Å². The molecule has 0 bridgehead atoms. The van der Waals surface area contributed by atoms with Crippen LogP contribution in [-0.4, -0.2) is 53.5 Å². The number of rotatable bonds is 2. The highest BCUT2D eigenvalue weighted by molar-refractivity contribution is 7.15. The molecule has 0 radical (unpaired) electrons. The normalized spacial score (nSPS) is 23.6. The maximum absolute atomic E-state index is 12.1. The van der Waals surface area contributed by atoms with Gasteiger partial charge in [-0.15, -0.1) is 10.2 Å². The third kappa shape index (κ3) is 1.87. The van der Waals surface area contributed by atoms with Crippen LogP contribution in [0.15, 0.2) is 0 Å². The number of carbonyl (C=O) groups is 1. The molecule has 1 saturated heterocycles. The van der Waals surface area contributed by atoms with Gasteiger partial charge in [0.1, 0.15) is 5.01 Å². The highest BCUT2D eigenvalue weighted by atomic mass is 32.1. The van der Waals surface area contributed by atoms with Gasteiger partial charge in [0.15, 0.2) is 0 Å². The molecule has 6 nitrogen and oxygen atoms in total. The molecule has 2 fully saturated rings. The molecule has 1 aliphatic heterocycles. The SMILES string of the molecule is CN1CN(C)C(=O)N(c2nnc(C3(C)CC3)s2)C1. The van der Waals surface area contributed by atoms with Crippen LogP contribution < -0.4 is 4.90 Å². The van der Waals surface area contributed by atoms with Crippen LogP contribution in [0.1, 0.15) is 24.8 Å². The number of urea groups is 1. The summed E-state index contributed by atoms with van der Waals surface area (Å²) in [5.41, 5.74) is 0.215. The van der Waals surface area contributed by atoms with Crippen LogP contribution in [0.25, 0.3) is 0 Å². The van der Waals surface area contributed by atoms with E-state index in [9.17, 15) is 4.79 Å². The lowest BCUT2D eigenvalue weighted by Crippen LogP contribution is -2.55. The molecule has 0 spiro atoms. The monoisotopic (exact) mass is 267 g/mol. The predicted molar refractivity (Wildman–Crippen MR) is 69.6 cm³/mol. The van der Waals surface area contributed by atoms with Crippen LogP contribution >= 0.6 is 11.3 Å². The number of hydrogen-bond donors (Lipinski definition) is 0. The van der Waals surface area contributed by atoms with Crippen LogP contribution in [0.4, 0.5) is 9.93 Å².